The smallest absolute Gasteiger partial charge is 0.282 e. The van der Waals surface area contributed by atoms with Gasteiger partial charge in [0.15, 0.2) is 6.04 Å². The van der Waals surface area contributed by atoms with Crippen LogP contribution in [-0.4, -0.2) is 32.1 Å². The molecule has 1 aliphatic heterocycles. The summed E-state index contributed by atoms with van der Waals surface area (Å²) in [6.07, 6.45) is 1.26. The van der Waals surface area contributed by atoms with Crippen molar-refractivity contribution in [1.29, 1.82) is 0 Å². The molecule has 0 aliphatic carbocycles. The first-order valence-electron chi connectivity index (χ1n) is 7.89. The number of nitrogens with one attached hydrogen (secondary N) is 2. The average Bonchev–Trinajstić information content (AvgIpc) is 2.45. The number of carbonyl (C=O) groups is 1. The molecule has 1 unspecified atom stereocenters. The molecule has 0 bridgehead atoms. The predicted molar refractivity (Wildman–Crippen MR) is 89.7 cm³/mol. The number of benzene rings is 1. The third-order valence-electron chi connectivity index (χ3n) is 4.45. The second kappa shape index (κ2) is 7.34. The molecular weight excluding hydrogens is 300 g/mol. The van der Waals surface area contributed by atoms with E-state index in [2.05, 4.69) is 19.2 Å². The second-order valence-electron chi connectivity index (χ2n) is 6.57. The summed E-state index contributed by atoms with van der Waals surface area (Å²) < 4.78 is 5.12. The van der Waals surface area contributed by atoms with Crippen LogP contribution in [0.1, 0.15) is 27.2 Å². The lowest BCUT2D eigenvalue weighted by atomic mass is 9.91. The molecule has 0 spiro atoms. The van der Waals surface area contributed by atoms with E-state index in [4.69, 9.17) is 16.3 Å². The van der Waals surface area contributed by atoms with Crippen LogP contribution < -0.4 is 15.0 Å². The normalized spacial score (nSPS) is 26.3. The molecule has 1 fully saturated rings. The summed E-state index contributed by atoms with van der Waals surface area (Å²) in [5.74, 6) is 1.99. The van der Waals surface area contributed by atoms with Crippen LogP contribution in [0.4, 0.5) is 5.69 Å². The zero-order valence-corrected chi connectivity index (χ0v) is 14.5. The Bertz CT molecular complexity index is 525. The lowest BCUT2D eigenvalue weighted by Crippen LogP contribution is -3.18. The molecule has 4 nitrogen and oxygen atoms in total. The largest absolute Gasteiger partial charge is 0.495 e. The van der Waals surface area contributed by atoms with Crippen molar-refractivity contribution in [1.82, 2.24) is 0 Å². The Morgan fingerprint density at radius 1 is 1.36 bits per heavy atom. The summed E-state index contributed by atoms with van der Waals surface area (Å²) in [5.41, 5.74) is 0.708. The molecule has 22 heavy (non-hydrogen) atoms. The summed E-state index contributed by atoms with van der Waals surface area (Å²) in [5, 5.41) is 3.46. The summed E-state index contributed by atoms with van der Waals surface area (Å²) in [4.78, 5) is 13.8. The van der Waals surface area contributed by atoms with Gasteiger partial charge in [0.25, 0.3) is 5.91 Å². The van der Waals surface area contributed by atoms with Gasteiger partial charge in [-0.25, -0.2) is 0 Å². The maximum absolute atomic E-state index is 12.5. The van der Waals surface area contributed by atoms with Gasteiger partial charge in [-0.1, -0.05) is 25.4 Å². The highest BCUT2D eigenvalue weighted by atomic mass is 35.5. The van der Waals surface area contributed by atoms with Crippen molar-refractivity contribution in [2.45, 2.75) is 33.2 Å². The Kier molecular flexibility index (Phi) is 5.70. The highest BCUT2D eigenvalue weighted by Gasteiger charge is 2.32. The van der Waals surface area contributed by atoms with Gasteiger partial charge in [-0.2, -0.15) is 0 Å². The second-order valence-corrected chi connectivity index (χ2v) is 6.98. The van der Waals surface area contributed by atoms with Crippen LogP contribution in [0.15, 0.2) is 18.2 Å². The number of anilines is 1. The molecule has 1 heterocycles. The Morgan fingerprint density at radius 2 is 2.00 bits per heavy atom. The average molecular weight is 326 g/mol. The Morgan fingerprint density at radius 3 is 2.55 bits per heavy atom. The highest BCUT2D eigenvalue weighted by molar-refractivity contribution is 6.32. The molecule has 2 rings (SSSR count). The summed E-state index contributed by atoms with van der Waals surface area (Å²) in [6.45, 7) is 8.65. The van der Waals surface area contributed by atoms with E-state index in [9.17, 15) is 4.79 Å². The number of quaternary nitrogens is 1. The first-order valence-corrected chi connectivity index (χ1v) is 8.27. The Balaban J connectivity index is 2.00. The van der Waals surface area contributed by atoms with Crippen molar-refractivity contribution < 1.29 is 14.4 Å². The number of piperidine rings is 1. The van der Waals surface area contributed by atoms with E-state index >= 15 is 0 Å². The third kappa shape index (κ3) is 4.14. The fourth-order valence-electron chi connectivity index (χ4n) is 3.37. The molecule has 5 heteroatoms. The zero-order chi connectivity index (χ0) is 16.3. The molecule has 122 valence electrons. The van der Waals surface area contributed by atoms with Crippen LogP contribution in [0, 0.1) is 11.8 Å². The molecule has 0 saturated carbocycles. The van der Waals surface area contributed by atoms with E-state index < -0.39 is 0 Å². The van der Waals surface area contributed by atoms with Gasteiger partial charge in [0.05, 0.1) is 25.2 Å². The molecule has 2 N–H and O–H groups in total. The molecule has 0 radical (unpaired) electrons. The first-order chi connectivity index (χ1) is 10.4. The van der Waals surface area contributed by atoms with Crippen LogP contribution in [0.25, 0.3) is 0 Å². The molecule has 1 aromatic rings. The van der Waals surface area contributed by atoms with Gasteiger partial charge in [-0.3, -0.25) is 4.79 Å². The summed E-state index contributed by atoms with van der Waals surface area (Å²) in [6, 6.07) is 5.24. The number of hydrogen-bond donors (Lipinski definition) is 2. The van der Waals surface area contributed by atoms with Crippen molar-refractivity contribution in [3.05, 3.63) is 23.2 Å². The van der Waals surface area contributed by atoms with E-state index in [0.29, 0.717) is 28.3 Å². The van der Waals surface area contributed by atoms with Crippen molar-refractivity contribution in [2.24, 2.45) is 11.8 Å². The first kappa shape index (κ1) is 17.1. The zero-order valence-electron chi connectivity index (χ0n) is 13.8. The Labute approximate surface area is 137 Å². The number of carbonyl (C=O) groups excluding carboxylic acids is 1. The molecule has 1 saturated heterocycles. The van der Waals surface area contributed by atoms with Gasteiger partial charge in [0.1, 0.15) is 5.75 Å². The SMILES string of the molecule is COc1ccc(NC(=O)[C@H](C)[NH+]2C[C@H](C)C[C@H](C)C2)cc1Cl. The van der Waals surface area contributed by atoms with Gasteiger partial charge >= 0.3 is 0 Å². The standard InChI is InChI=1S/C17H25ClN2O2/c1-11-7-12(2)10-20(9-11)13(3)17(21)19-14-5-6-16(22-4)15(18)8-14/h5-6,8,11-13H,7,9-10H2,1-4H3,(H,19,21)/p+1/t11-,12+,13-/m0/s1. The van der Waals surface area contributed by atoms with Crippen molar-refractivity contribution >= 4 is 23.2 Å². The number of rotatable bonds is 4. The number of likely N-dealkylation sites (tertiary alicyclic amines) is 1. The number of amides is 1. The van der Waals surface area contributed by atoms with Crippen LogP contribution in [-0.2, 0) is 4.79 Å². The van der Waals surface area contributed by atoms with E-state index in [-0.39, 0.29) is 11.9 Å². The number of hydrogen-bond acceptors (Lipinski definition) is 2. The van der Waals surface area contributed by atoms with E-state index in [1.807, 2.05) is 13.0 Å². The van der Waals surface area contributed by atoms with Gasteiger partial charge < -0.3 is 15.0 Å². The topological polar surface area (TPSA) is 42.8 Å². The summed E-state index contributed by atoms with van der Waals surface area (Å²) >= 11 is 6.10. The number of halogens is 1. The molecule has 0 aromatic heterocycles. The minimum Gasteiger partial charge on any atom is -0.495 e. The number of ether oxygens (including phenoxy) is 1. The lowest BCUT2D eigenvalue weighted by Gasteiger charge is -2.35. The van der Waals surface area contributed by atoms with E-state index in [1.54, 1.807) is 19.2 Å². The molecular formula is C17H26ClN2O2+. The maximum Gasteiger partial charge on any atom is 0.282 e. The highest BCUT2D eigenvalue weighted by Crippen LogP contribution is 2.27. The van der Waals surface area contributed by atoms with Crippen LogP contribution in [0.3, 0.4) is 0 Å². The maximum atomic E-state index is 12.5. The van der Waals surface area contributed by atoms with E-state index in [1.165, 1.54) is 11.3 Å². The van der Waals surface area contributed by atoms with Gasteiger partial charge in [-0.15, -0.1) is 0 Å². The van der Waals surface area contributed by atoms with Crippen LogP contribution >= 0.6 is 11.6 Å². The van der Waals surface area contributed by atoms with Crippen molar-refractivity contribution in [3.63, 3.8) is 0 Å². The predicted octanol–water partition coefficient (Wildman–Crippen LogP) is 2.24. The fourth-order valence-corrected chi connectivity index (χ4v) is 3.62. The quantitative estimate of drug-likeness (QED) is 0.891. The van der Waals surface area contributed by atoms with Crippen molar-refractivity contribution in [3.8, 4) is 5.75 Å². The van der Waals surface area contributed by atoms with Gasteiger partial charge in [-0.05, 0) is 31.5 Å². The van der Waals surface area contributed by atoms with Crippen molar-refractivity contribution in [2.75, 3.05) is 25.5 Å². The minimum absolute atomic E-state index is 0.0394. The fraction of sp³-hybridized carbons (Fsp3) is 0.588. The van der Waals surface area contributed by atoms with Crippen LogP contribution in [0.2, 0.25) is 5.02 Å². The van der Waals surface area contributed by atoms with Gasteiger partial charge in [0, 0.05) is 17.5 Å². The van der Waals surface area contributed by atoms with Crippen LogP contribution in [0.5, 0.6) is 5.75 Å². The molecule has 1 amide bonds. The summed E-state index contributed by atoms with van der Waals surface area (Å²) in [7, 11) is 1.57. The Hall–Kier alpha value is -1.26. The van der Waals surface area contributed by atoms with E-state index in [0.717, 1.165) is 13.1 Å². The number of methoxy groups -OCH3 is 1. The minimum atomic E-state index is -0.0638. The monoisotopic (exact) mass is 325 g/mol. The molecule has 1 aliphatic rings. The molecule has 1 aromatic carbocycles. The van der Waals surface area contributed by atoms with Gasteiger partial charge in [0.2, 0.25) is 0 Å². The third-order valence-corrected chi connectivity index (χ3v) is 4.75. The lowest BCUT2D eigenvalue weighted by molar-refractivity contribution is -0.925. The molecule has 4 atom stereocenters.